The lowest BCUT2D eigenvalue weighted by molar-refractivity contribution is -0.114. The Morgan fingerprint density at radius 1 is 1.18 bits per heavy atom. The van der Waals surface area contributed by atoms with Gasteiger partial charge in [0.05, 0.1) is 22.4 Å². The SMILES string of the molecule is CCCCC1C(C(N)=O)=Cn2c(=O)c3ccccc3c(=O)n21. The minimum atomic E-state index is -0.597. The van der Waals surface area contributed by atoms with Crippen LogP contribution in [0.2, 0.25) is 0 Å². The number of carbonyl (C=O) groups excluding carboxylic acids is 1. The van der Waals surface area contributed by atoms with Crippen LogP contribution in [-0.4, -0.2) is 15.3 Å². The minimum Gasteiger partial charge on any atom is -0.366 e. The maximum atomic E-state index is 12.7. The second-order valence-electron chi connectivity index (χ2n) is 5.45. The molecule has 1 aliphatic rings. The number of aromatic nitrogens is 2. The smallest absolute Gasteiger partial charge is 0.277 e. The van der Waals surface area contributed by atoms with Crippen molar-refractivity contribution in [1.82, 2.24) is 9.36 Å². The molecular formula is C16H17N3O3. The number of hydrogen-bond donors (Lipinski definition) is 1. The fourth-order valence-electron chi connectivity index (χ4n) is 2.96. The molecule has 0 fully saturated rings. The van der Waals surface area contributed by atoms with Crippen molar-refractivity contribution in [1.29, 1.82) is 0 Å². The van der Waals surface area contributed by atoms with Crippen LogP contribution in [0.5, 0.6) is 0 Å². The van der Waals surface area contributed by atoms with E-state index in [1.165, 1.54) is 15.6 Å². The molecule has 0 saturated carbocycles. The summed E-state index contributed by atoms with van der Waals surface area (Å²) in [6, 6.07) is 6.21. The predicted octanol–water partition coefficient (Wildman–Crippen LogP) is 1.23. The highest BCUT2D eigenvalue weighted by atomic mass is 16.2. The number of benzene rings is 1. The number of hydrogen-bond acceptors (Lipinski definition) is 3. The highest BCUT2D eigenvalue weighted by Gasteiger charge is 2.30. The van der Waals surface area contributed by atoms with E-state index in [0.717, 1.165) is 12.8 Å². The van der Waals surface area contributed by atoms with E-state index in [0.29, 0.717) is 22.8 Å². The van der Waals surface area contributed by atoms with Crippen molar-refractivity contribution in [2.45, 2.75) is 32.2 Å². The lowest BCUT2D eigenvalue weighted by Crippen LogP contribution is -2.36. The van der Waals surface area contributed by atoms with Crippen molar-refractivity contribution in [2.24, 2.45) is 5.73 Å². The molecule has 1 aliphatic heterocycles. The standard InChI is InChI=1S/C16H17N3O3/c1-2-3-8-13-12(14(17)20)9-18-15(21)10-6-4-5-7-11(10)16(22)19(13)18/h4-7,9,13H,2-3,8H2,1H3,(H2,17,20). The summed E-state index contributed by atoms with van der Waals surface area (Å²) in [5.41, 5.74) is 5.15. The van der Waals surface area contributed by atoms with Crippen molar-refractivity contribution in [3.8, 4) is 0 Å². The van der Waals surface area contributed by atoms with E-state index in [2.05, 4.69) is 0 Å². The normalized spacial score (nSPS) is 16.6. The number of amides is 1. The van der Waals surface area contributed by atoms with Gasteiger partial charge in [-0.2, -0.15) is 0 Å². The molecule has 1 aromatic carbocycles. The van der Waals surface area contributed by atoms with Gasteiger partial charge in [0.25, 0.3) is 11.1 Å². The van der Waals surface area contributed by atoms with Crippen LogP contribution in [0.3, 0.4) is 0 Å². The largest absolute Gasteiger partial charge is 0.366 e. The van der Waals surface area contributed by atoms with Crippen LogP contribution in [0.1, 0.15) is 32.2 Å². The number of primary amides is 1. The van der Waals surface area contributed by atoms with E-state index >= 15 is 0 Å². The Labute approximate surface area is 126 Å². The van der Waals surface area contributed by atoms with E-state index in [1.54, 1.807) is 24.3 Å². The zero-order valence-electron chi connectivity index (χ0n) is 12.3. The van der Waals surface area contributed by atoms with Crippen LogP contribution in [-0.2, 0) is 4.79 Å². The van der Waals surface area contributed by atoms with Gasteiger partial charge in [-0.1, -0.05) is 31.9 Å². The first-order chi connectivity index (χ1) is 10.6. The van der Waals surface area contributed by atoms with Gasteiger partial charge in [0.2, 0.25) is 5.91 Å². The molecule has 6 heteroatoms. The number of nitrogens with two attached hydrogens (primary N) is 1. The molecule has 1 atom stereocenters. The molecule has 0 aliphatic carbocycles. The lowest BCUT2D eigenvalue weighted by Gasteiger charge is -2.17. The maximum Gasteiger partial charge on any atom is 0.277 e. The van der Waals surface area contributed by atoms with E-state index in [4.69, 9.17) is 5.73 Å². The van der Waals surface area contributed by atoms with Crippen LogP contribution in [0.4, 0.5) is 0 Å². The average molecular weight is 299 g/mol. The number of fused-ring (bicyclic) bond motifs is 2. The average Bonchev–Trinajstić information content (AvgIpc) is 2.90. The van der Waals surface area contributed by atoms with E-state index in [9.17, 15) is 14.4 Å². The minimum absolute atomic E-state index is 0.274. The highest BCUT2D eigenvalue weighted by Crippen LogP contribution is 2.28. The summed E-state index contributed by atoms with van der Waals surface area (Å²) >= 11 is 0. The quantitative estimate of drug-likeness (QED) is 0.921. The third-order valence-corrected chi connectivity index (χ3v) is 4.07. The van der Waals surface area contributed by atoms with Crippen molar-refractivity contribution >= 4 is 22.9 Å². The Bertz CT molecular complexity index is 905. The Morgan fingerprint density at radius 3 is 2.41 bits per heavy atom. The molecule has 2 heterocycles. The first-order valence-corrected chi connectivity index (χ1v) is 7.33. The van der Waals surface area contributed by atoms with Gasteiger partial charge in [0, 0.05) is 6.20 Å². The molecule has 2 aromatic rings. The van der Waals surface area contributed by atoms with Crippen molar-refractivity contribution < 1.29 is 4.79 Å². The van der Waals surface area contributed by atoms with Gasteiger partial charge in [-0.15, -0.1) is 0 Å². The topological polar surface area (TPSA) is 87.1 Å². The first kappa shape index (κ1) is 14.3. The third kappa shape index (κ3) is 1.99. The summed E-state index contributed by atoms with van der Waals surface area (Å²) in [7, 11) is 0. The summed E-state index contributed by atoms with van der Waals surface area (Å²) in [4.78, 5) is 37.0. The van der Waals surface area contributed by atoms with Crippen LogP contribution >= 0.6 is 0 Å². The predicted molar refractivity (Wildman–Crippen MR) is 84.5 cm³/mol. The van der Waals surface area contributed by atoms with Gasteiger partial charge >= 0.3 is 0 Å². The zero-order valence-corrected chi connectivity index (χ0v) is 12.3. The van der Waals surface area contributed by atoms with Gasteiger partial charge in [-0.3, -0.25) is 14.4 Å². The summed E-state index contributed by atoms with van der Waals surface area (Å²) in [5, 5.41) is 0.712. The number of rotatable bonds is 4. The van der Waals surface area contributed by atoms with Gasteiger partial charge in [-0.05, 0) is 18.6 Å². The summed E-state index contributed by atoms with van der Waals surface area (Å²) in [5.74, 6) is -0.597. The van der Waals surface area contributed by atoms with E-state index in [-0.39, 0.29) is 11.1 Å². The van der Waals surface area contributed by atoms with Gasteiger partial charge in [0.15, 0.2) is 0 Å². The first-order valence-electron chi connectivity index (χ1n) is 7.33. The Morgan fingerprint density at radius 2 is 1.82 bits per heavy atom. The van der Waals surface area contributed by atoms with Crippen molar-refractivity contribution in [3.05, 3.63) is 50.5 Å². The fourth-order valence-corrected chi connectivity index (χ4v) is 2.96. The highest BCUT2D eigenvalue weighted by molar-refractivity contribution is 5.96. The van der Waals surface area contributed by atoms with Crippen molar-refractivity contribution in [2.75, 3.05) is 0 Å². The summed E-state index contributed by atoms with van der Waals surface area (Å²) < 4.78 is 2.59. The summed E-state index contributed by atoms with van der Waals surface area (Å²) in [6.07, 6.45) is 3.76. The lowest BCUT2D eigenvalue weighted by atomic mass is 10.0. The van der Waals surface area contributed by atoms with Crippen LogP contribution < -0.4 is 16.9 Å². The maximum absolute atomic E-state index is 12.7. The Kier molecular flexibility index (Phi) is 3.44. The number of carbonyl (C=O) groups is 1. The summed E-state index contributed by atoms with van der Waals surface area (Å²) in [6.45, 7) is 2.03. The molecule has 114 valence electrons. The second-order valence-corrected chi connectivity index (χ2v) is 5.45. The second kappa shape index (κ2) is 5.29. The number of unbranched alkanes of at least 4 members (excludes halogenated alkanes) is 1. The van der Waals surface area contributed by atoms with E-state index in [1.807, 2.05) is 6.92 Å². The van der Waals surface area contributed by atoms with E-state index < -0.39 is 11.9 Å². The Hall–Kier alpha value is -2.63. The Balaban J connectivity index is 2.32. The van der Waals surface area contributed by atoms with Crippen LogP contribution in [0.25, 0.3) is 17.0 Å². The van der Waals surface area contributed by atoms with Gasteiger partial charge < -0.3 is 5.73 Å². The fraction of sp³-hybridized carbons (Fsp3) is 0.312. The third-order valence-electron chi connectivity index (χ3n) is 4.07. The molecule has 0 saturated heterocycles. The molecular weight excluding hydrogens is 282 g/mol. The molecule has 1 amide bonds. The van der Waals surface area contributed by atoms with Crippen LogP contribution in [0, 0.1) is 0 Å². The van der Waals surface area contributed by atoms with Gasteiger partial charge in [0.1, 0.15) is 0 Å². The molecule has 22 heavy (non-hydrogen) atoms. The molecule has 0 spiro atoms. The molecule has 1 aromatic heterocycles. The zero-order chi connectivity index (χ0) is 15.9. The molecule has 6 nitrogen and oxygen atoms in total. The number of nitrogens with zero attached hydrogens (tertiary/aromatic N) is 2. The van der Waals surface area contributed by atoms with Crippen molar-refractivity contribution in [3.63, 3.8) is 0 Å². The van der Waals surface area contributed by atoms with Gasteiger partial charge in [-0.25, -0.2) is 9.36 Å². The molecule has 0 bridgehead atoms. The van der Waals surface area contributed by atoms with Crippen LogP contribution in [0.15, 0.2) is 39.4 Å². The molecule has 1 unspecified atom stereocenters. The molecule has 3 rings (SSSR count). The molecule has 2 N–H and O–H groups in total. The molecule has 0 radical (unpaired) electrons. The monoisotopic (exact) mass is 299 g/mol.